The average molecular weight is 246 g/mol. The Bertz CT molecular complexity index is 408. The number of hydrogen-bond acceptors (Lipinski definition) is 2. The monoisotopic (exact) mass is 246 g/mol. The van der Waals surface area contributed by atoms with E-state index in [0.717, 1.165) is 24.9 Å². The quantitative estimate of drug-likeness (QED) is 0.803. The van der Waals surface area contributed by atoms with Gasteiger partial charge in [0.1, 0.15) is 0 Å². The van der Waals surface area contributed by atoms with Crippen molar-refractivity contribution >= 4 is 5.91 Å². The van der Waals surface area contributed by atoms with Crippen LogP contribution in [0.1, 0.15) is 51.6 Å². The molecule has 1 atom stereocenters. The van der Waals surface area contributed by atoms with E-state index in [2.05, 4.69) is 31.8 Å². The maximum Gasteiger partial charge on any atom is 0.223 e. The van der Waals surface area contributed by atoms with Gasteiger partial charge in [-0.1, -0.05) is 26.8 Å². The van der Waals surface area contributed by atoms with Gasteiger partial charge in [-0.3, -0.25) is 9.78 Å². The summed E-state index contributed by atoms with van der Waals surface area (Å²) in [7, 11) is 0. The Labute approximate surface area is 109 Å². The van der Waals surface area contributed by atoms with Crippen LogP contribution in [0.15, 0.2) is 24.5 Å². The van der Waals surface area contributed by atoms with Crippen molar-refractivity contribution in [2.45, 2.75) is 46.1 Å². The molecular formula is C15H22N2O. The zero-order valence-corrected chi connectivity index (χ0v) is 11.5. The van der Waals surface area contributed by atoms with Crippen LogP contribution in [0.25, 0.3) is 0 Å². The first kappa shape index (κ1) is 13.1. The van der Waals surface area contributed by atoms with Crippen LogP contribution in [-0.4, -0.2) is 22.3 Å². The molecule has 1 amide bonds. The molecular weight excluding hydrogens is 224 g/mol. The molecule has 2 rings (SSSR count). The molecule has 1 aliphatic heterocycles. The van der Waals surface area contributed by atoms with Gasteiger partial charge in [0.25, 0.3) is 0 Å². The van der Waals surface area contributed by atoms with Crippen molar-refractivity contribution in [3.05, 3.63) is 30.1 Å². The molecule has 0 aliphatic carbocycles. The summed E-state index contributed by atoms with van der Waals surface area (Å²) in [6.45, 7) is 7.22. The highest BCUT2D eigenvalue weighted by molar-refractivity contribution is 5.77. The number of likely N-dealkylation sites (tertiary alicyclic amines) is 1. The Hall–Kier alpha value is -1.38. The fourth-order valence-electron chi connectivity index (χ4n) is 2.54. The van der Waals surface area contributed by atoms with E-state index < -0.39 is 0 Å². The number of aromatic nitrogens is 1. The molecule has 3 nitrogen and oxygen atoms in total. The van der Waals surface area contributed by atoms with Gasteiger partial charge in [-0.2, -0.15) is 0 Å². The van der Waals surface area contributed by atoms with Crippen molar-refractivity contribution in [1.29, 1.82) is 0 Å². The smallest absolute Gasteiger partial charge is 0.223 e. The molecule has 0 saturated carbocycles. The van der Waals surface area contributed by atoms with Gasteiger partial charge in [0.15, 0.2) is 0 Å². The molecule has 0 radical (unpaired) electrons. The van der Waals surface area contributed by atoms with Crippen LogP contribution >= 0.6 is 0 Å². The van der Waals surface area contributed by atoms with Gasteiger partial charge in [0.05, 0.1) is 6.04 Å². The molecule has 1 unspecified atom stereocenters. The maximum atomic E-state index is 12.4. The molecule has 98 valence electrons. The molecule has 3 heteroatoms. The fourth-order valence-corrected chi connectivity index (χ4v) is 2.54. The van der Waals surface area contributed by atoms with Gasteiger partial charge >= 0.3 is 0 Å². The zero-order chi connectivity index (χ0) is 13.2. The maximum absolute atomic E-state index is 12.4. The third kappa shape index (κ3) is 3.09. The lowest BCUT2D eigenvalue weighted by Crippen LogP contribution is -2.33. The summed E-state index contributed by atoms with van der Waals surface area (Å²) in [5.41, 5.74) is 1.22. The standard InChI is InChI=1S/C15H22N2O/c1-15(2,3)10-14(18)17-9-5-7-13(17)12-6-4-8-16-11-12/h4,6,8,11,13H,5,7,9-10H2,1-3H3. The summed E-state index contributed by atoms with van der Waals surface area (Å²) < 4.78 is 0. The normalized spacial score (nSPS) is 20.2. The highest BCUT2D eigenvalue weighted by Crippen LogP contribution is 2.33. The van der Waals surface area contributed by atoms with Gasteiger partial charge in [-0.25, -0.2) is 0 Å². The van der Waals surface area contributed by atoms with E-state index in [1.807, 2.05) is 17.2 Å². The van der Waals surface area contributed by atoms with Crippen LogP contribution in [0.4, 0.5) is 0 Å². The number of rotatable bonds is 2. The first-order valence-corrected chi connectivity index (χ1v) is 6.67. The van der Waals surface area contributed by atoms with E-state index in [9.17, 15) is 4.79 Å². The second-order valence-electron chi connectivity index (χ2n) is 6.27. The van der Waals surface area contributed by atoms with Gasteiger partial charge < -0.3 is 4.90 Å². The molecule has 2 heterocycles. The van der Waals surface area contributed by atoms with Crippen molar-refractivity contribution in [2.75, 3.05) is 6.54 Å². The van der Waals surface area contributed by atoms with Crippen LogP contribution in [-0.2, 0) is 4.79 Å². The van der Waals surface area contributed by atoms with E-state index in [1.165, 1.54) is 0 Å². The van der Waals surface area contributed by atoms with Gasteiger partial charge in [-0.15, -0.1) is 0 Å². The lowest BCUT2D eigenvalue weighted by Gasteiger charge is -2.28. The van der Waals surface area contributed by atoms with Crippen LogP contribution in [0.3, 0.4) is 0 Å². The van der Waals surface area contributed by atoms with Crippen molar-refractivity contribution in [2.24, 2.45) is 5.41 Å². The summed E-state index contributed by atoms with van der Waals surface area (Å²) in [6.07, 6.45) is 6.42. The molecule has 1 aromatic rings. The molecule has 0 spiro atoms. The van der Waals surface area contributed by atoms with Crippen LogP contribution in [0.5, 0.6) is 0 Å². The van der Waals surface area contributed by atoms with Gasteiger partial charge in [0.2, 0.25) is 5.91 Å². The second kappa shape index (κ2) is 5.09. The molecule has 1 aliphatic rings. The molecule has 1 fully saturated rings. The van der Waals surface area contributed by atoms with Gasteiger partial charge in [0, 0.05) is 25.4 Å². The Morgan fingerprint density at radius 1 is 1.50 bits per heavy atom. The Kier molecular flexibility index (Phi) is 3.69. The molecule has 1 saturated heterocycles. The summed E-state index contributed by atoms with van der Waals surface area (Å²) in [5, 5.41) is 0. The van der Waals surface area contributed by atoms with Crippen molar-refractivity contribution in [3.8, 4) is 0 Å². The van der Waals surface area contributed by atoms with Crippen molar-refractivity contribution in [3.63, 3.8) is 0 Å². The van der Waals surface area contributed by atoms with Crippen molar-refractivity contribution in [1.82, 2.24) is 9.88 Å². The highest BCUT2D eigenvalue weighted by Gasteiger charge is 2.31. The van der Waals surface area contributed by atoms with E-state index >= 15 is 0 Å². The third-order valence-corrected chi connectivity index (χ3v) is 3.32. The Morgan fingerprint density at radius 3 is 2.89 bits per heavy atom. The Balaban J connectivity index is 2.11. The Morgan fingerprint density at radius 2 is 2.28 bits per heavy atom. The van der Waals surface area contributed by atoms with E-state index in [0.29, 0.717) is 6.42 Å². The van der Waals surface area contributed by atoms with Crippen molar-refractivity contribution < 1.29 is 4.79 Å². The number of pyridine rings is 1. The second-order valence-corrected chi connectivity index (χ2v) is 6.27. The first-order chi connectivity index (χ1) is 8.47. The lowest BCUT2D eigenvalue weighted by molar-refractivity contribution is -0.134. The third-order valence-electron chi connectivity index (χ3n) is 3.32. The topological polar surface area (TPSA) is 33.2 Å². The minimum absolute atomic E-state index is 0.0547. The molecule has 0 N–H and O–H groups in total. The number of carbonyl (C=O) groups is 1. The lowest BCUT2D eigenvalue weighted by atomic mass is 9.91. The number of nitrogens with zero attached hydrogens (tertiary/aromatic N) is 2. The first-order valence-electron chi connectivity index (χ1n) is 6.67. The molecule has 0 aromatic carbocycles. The number of carbonyl (C=O) groups excluding carboxylic acids is 1. The van der Waals surface area contributed by atoms with E-state index in [1.54, 1.807) is 6.20 Å². The number of hydrogen-bond donors (Lipinski definition) is 0. The molecule has 0 bridgehead atoms. The van der Waals surface area contributed by atoms with Gasteiger partial charge in [-0.05, 0) is 29.9 Å². The minimum Gasteiger partial charge on any atom is -0.336 e. The average Bonchev–Trinajstić information content (AvgIpc) is 2.76. The minimum atomic E-state index is 0.0547. The SMILES string of the molecule is CC(C)(C)CC(=O)N1CCCC1c1cccnc1. The van der Waals surface area contributed by atoms with E-state index in [-0.39, 0.29) is 17.4 Å². The zero-order valence-electron chi connectivity index (χ0n) is 11.5. The predicted molar refractivity (Wildman–Crippen MR) is 72.0 cm³/mol. The molecule has 1 aromatic heterocycles. The summed E-state index contributed by atoms with van der Waals surface area (Å²) in [5.74, 6) is 0.272. The summed E-state index contributed by atoms with van der Waals surface area (Å²) in [4.78, 5) is 18.5. The predicted octanol–water partition coefficient (Wildman–Crippen LogP) is 3.18. The van der Waals surface area contributed by atoms with Crippen LogP contribution in [0.2, 0.25) is 0 Å². The molecule has 18 heavy (non-hydrogen) atoms. The number of amides is 1. The summed E-state index contributed by atoms with van der Waals surface area (Å²) >= 11 is 0. The fraction of sp³-hybridized carbons (Fsp3) is 0.600. The van der Waals surface area contributed by atoms with E-state index in [4.69, 9.17) is 0 Å². The van der Waals surface area contributed by atoms with Crippen LogP contribution < -0.4 is 0 Å². The largest absolute Gasteiger partial charge is 0.336 e. The van der Waals surface area contributed by atoms with Crippen LogP contribution in [0, 0.1) is 5.41 Å². The highest BCUT2D eigenvalue weighted by atomic mass is 16.2. The summed E-state index contributed by atoms with van der Waals surface area (Å²) in [6, 6.07) is 4.24.